The van der Waals surface area contributed by atoms with Crippen LogP contribution in [0.15, 0.2) is 12.4 Å². The second-order valence-electron chi connectivity index (χ2n) is 4.96. The molecule has 90 valence electrons. The maximum Gasteiger partial charge on any atom is 0.120 e. The van der Waals surface area contributed by atoms with Crippen LogP contribution in [0.3, 0.4) is 0 Å². The Kier molecular flexibility index (Phi) is 3.28. The van der Waals surface area contributed by atoms with Gasteiger partial charge in [-0.15, -0.1) is 0 Å². The number of piperidine rings is 1. The molecule has 1 fully saturated rings. The lowest BCUT2D eigenvalue weighted by molar-refractivity contribution is 0.0586. The summed E-state index contributed by atoms with van der Waals surface area (Å²) in [7, 11) is 0. The molecule has 0 aliphatic carbocycles. The highest BCUT2D eigenvalue weighted by molar-refractivity contribution is 4.89. The number of halogens is 1. The zero-order valence-corrected chi connectivity index (χ0v) is 10.1. The highest BCUT2D eigenvalue weighted by Gasteiger charge is 2.30. The third-order valence-electron chi connectivity index (χ3n) is 3.31. The first-order chi connectivity index (χ1) is 7.57. The molecule has 0 radical (unpaired) electrons. The third-order valence-corrected chi connectivity index (χ3v) is 3.31. The van der Waals surface area contributed by atoms with E-state index >= 15 is 0 Å². The van der Waals surface area contributed by atoms with Crippen LogP contribution in [0.25, 0.3) is 0 Å². The van der Waals surface area contributed by atoms with E-state index in [-0.39, 0.29) is 0 Å². The van der Waals surface area contributed by atoms with Crippen LogP contribution in [0.2, 0.25) is 0 Å². The van der Waals surface area contributed by atoms with E-state index in [0.717, 1.165) is 31.9 Å². The molecule has 0 spiro atoms. The molecule has 1 atom stereocenters. The molecule has 3 nitrogen and oxygen atoms in total. The lowest BCUT2D eigenvalue weighted by Gasteiger charge is -2.35. The molecule has 4 heteroatoms. The van der Waals surface area contributed by atoms with Gasteiger partial charge in [0.05, 0.1) is 0 Å². The van der Waals surface area contributed by atoms with Crippen LogP contribution >= 0.6 is 0 Å². The average molecular weight is 225 g/mol. The fourth-order valence-electron chi connectivity index (χ4n) is 2.38. The molecule has 0 aromatic carbocycles. The van der Waals surface area contributed by atoms with Crippen molar-refractivity contribution < 1.29 is 4.39 Å². The quantitative estimate of drug-likeness (QED) is 0.784. The highest BCUT2D eigenvalue weighted by Crippen LogP contribution is 2.24. The topological polar surface area (TPSA) is 21.1 Å². The number of hydrogen-bond acceptors (Lipinski definition) is 2. The Balaban J connectivity index is 1.84. The maximum atomic E-state index is 13.8. The van der Waals surface area contributed by atoms with Gasteiger partial charge in [-0.1, -0.05) is 0 Å². The monoisotopic (exact) mass is 225 g/mol. The number of aromatic nitrogens is 2. The van der Waals surface area contributed by atoms with E-state index in [1.807, 2.05) is 19.3 Å². The van der Waals surface area contributed by atoms with Crippen LogP contribution in [0.1, 0.15) is 25.6 Å². The molecule has 1 aliphatic rings. The molecular formula is C12H20FN3. The summed E-state index contributed by atoms with van der Waals surface area (Å²) in [5, 5.41) is 0. The van der Waals surface area contributed by atoms with E-state index in [4.69, 9.17) is 0 Å². The number of hydrogen-bond donors (Lipinski definition) is 0. The van der Waals surface area contributed by atoms with Crippen molar-refractivity contribution in [2.45, 2.75) is 38.9 Å². The first kappa shape index (κ1) is 11.6. The van der Waals surface area contributed by atoms with E-state index in [0.29, 0.717) is 13.0 Å². The Morgan fingerprint density at radius 2 is 2.31 bits per heavy atom. The number of alkyl halides is 1. The van der Waals surface area contributed by atoms with Gasteiger partial charge in [-0.2, -0.15) is 0 Å². The number of imidazole rings is 1. The van der Waals surface area contributed by atoms with Crippen molar-refractivity contribution >= 4 is 0 Å². The van der Waals surface area contributed by atoms with Crippen LogP contribution in [-0.2, 0) is 6.54 Å². The van der Waals surface area contributed by atoms with Gasteiger partial charge in [0.2, 0.25) is 0 Å². The first-order valence-corrected chi connectivity index (χ1v) is 5.96. The zero-order chi connectivity index (χ0) is 11.6. The molecule has 0 bridgehead atoms. The van der Waals surface area contributed by atoms with Gasteiger partial charge in [-0.25, -0.2) is 9.37 Å². The van der Waals surface area contributed by atoms with E-state index in [9.17, 15) is 4.39 Å². The minimum atomic E-state index is -0.998. The van der Waals surface area contributed by atoms with Crippen molar-refractivity contribution in [2.24, 2.45) is 0 Å². The number of aryl methyl sites for hydroxylation is 1. The lowest BCUT2D eigenvalue weighted by Crippen LogP contribution is -2.44. The van der Waals surface area contributed by atoms with Crippen molar-refractivity contribution in [2.75, 3.05) is 19.6 Å². The summed E-state index contributed by atoms with van der Waals surface area (Å²) in [4.78, 5) is 6.39. The van der Waals surface area contributed by atoms with Crippen molar-refractivity contribution in [3.05, 3.63) is 18.2 Å². The van der Waals surface area contributed by atoms with Gasteiger partial charge in [0.1, 0.15) is 11.5 Å². The fourth-order valence-corrected chi connectivity index (χ4v) is 2.38. The van der Waals surface area contributed by atoms with E-state index in [1.165, 1.54) is 0 Å². The molecular weight excluding hydrogens is 205 g/mol. The fraction of sp³-hybridized carbons (Fsp3) is 0.750. The van der Waals surface area contributed by atoms with E-state index in [1.54, 1.807) is 6.92 Å². The maximum absolute atomic E-state index is 13.8. The predicted octanol–water partition coefficient (Wildman–Crippen LogP) is 2.02. The second kappa shape index (κ2) is 4.53. The predicted molar refractivity (Wildman–Crippen MR) is 62.2 cm³/mol. The summed E-state index contributed by atoms with van der Waals surface area (Å²) in [6.45, 7) is 7.11. The standard InChI is InChI=1S/C12H20FN3/c1-11-14-5-7-16(11)9-8-15-6-3-4-12(2,13)10-15/h5,7H,3-4,6,8-10H2,1-2H3. The Bertz CT molecular complexity index is 346. The Hall–Kier alpha value is -0.900. The number of nitrogens with zero attached hydrogens (tertiary/aromatic N) is 3. The summed E-state index contributed by atoms with van der Waals surface area (Å²) in [6.07, 6.45) is 5.46. The van der Waals surface area contributed by atoms with Gasteiger partial charge in [0, 0.05) is 32.0 Å². The zero-order valence-electron chi connectivity index (χ0n) is 10.1. The molecule has 2 rings (SSSR count). The Morgan fingerprint density at radius 3 is 2.94 bits per heavy atom. The Labute approximate surface area is 96.3 Å². The van der Waals surface area contributed by atoms with Gasteiger partial charge >= 0.3 is 0 Å². The molecule has 0 saturated carbocycles. The molecule has 0 amide bonds. The van der Waals surface area contributed by atoms with Crippen LogP contribution in [-0.4, -0.2) is 39.8 Å². The highest BCUT2D eigenvalue weighted by atomic mass is 19.1. The number of rotatable bonds is 3. The number of likely N-dealkylation sites (tertiary alicyclic amines) is 1. The van der Waals surface area contributed by atoms with Gasteiger partial charge < -0.3 is 4.57 Å². The summed E-state index contributed by atoms with van der Waals surface area (Å²) in [5.74, 6) is 1.03. The minimum absolute atomic E-state index is 0.570. The molecule has 1 aliphatic heterocycles. The van der Waals surface area contributed by atoms with E-state index in [2.05, 4.69) is 14.5 Å². The largest absolute Gasteiger partial charge is 0.334 e. The summed E-state index contributed by atoms with van der Waals surface area (Å²) in [5.41, 5.74) is -0.998. The van der Waals surface area contributed by atoms with Gasteiger partial charge in [0.25, 0.3) is 0 Å². The average Bonchev–Trinajstić information content (AvgIpc) is 2.60. The normalized spacial score (nSPS) is 27.2. The molecule has 0 N–H and O–H groups in total. The molecule has 1 aromatic heterocycles. The summed E-state index contributed by atoms with van der Waals surface area (Å²) < 4.78 is 15.9. The molecule has 16 heavy (non-hydrogen) atoms. The smallest absolute Gasteiger partial charge is 0.120 e. The van der Waals surface area contributed by atoms with Crippen LogP contribution in [0, 0.1) is 6.92 Å². The minimum Gasteiger partial charge on any atom is -0.334 e. The van der Waals surface area contributed by atoms with Crippen molar-refractivity contribution in [3.63, 3.8) is 0 Å². The first-order valence-electron chi connectivity index (χ1n) is 5.96. The van der Waals surface area contributed by atoms with Crippen molar-refractivity contribution in [3.8, 4) is 0 Å². The van der Waals surface area contributed by atoms with Crippen molar-refractivity contribution in [1.82, 2.24) is 14.5 Å². The van der Waals surface area contributed by atoms with Gasteiger partial charge in [-0.05, 0) is 33.2 Å². The SMILES string of the molecule is Cc1nccn1CCN1CCCC(C)(F)C1. The van der Waals surface area contributed by atoms with Crippen LogP contribution in [0.4, 0.5) is 4.39 Å². The Morgan fingerprint density at radius 1 is 1.50 bits per heavy atom. The molecule has 1 unspecified atom stereocenters. The third kappa shape index (κ3) is 2.82. The van der Waals surface area contributed by atoms with Crippen LogP contribution < -0.4 is 0 Å². The van der Waals surface area contributed by atoms with Crippen LogP contribution in [0.5, 0.6) is 0 Å². The summed E-state index contributed by atoms with van der Waals surface area (Å²) >= 11 is 0. The molecule has 1 saturated heterocycles. The molecule has 2 heterocycles. The van der Waals surface area contributed by atoms with Crippen molar-refractivity contribution in [1.29, 1.82) is 0 Å². The molecule has 1 aromatic rings. The summed E-state index contributed by atoms with van der Waals surface area (Å²) in [6, 6.07) is 0. The lowest BCUT2D eigenvalue weighted by atomic mass is 9.97. The van der Waals surface area contributed by atoms with Gasteiger partial charge in [0.15, 0.2) is 0 Å². The van der Waals surface area contributed by atoms with E-state index < -0.39 is 5.67 Å². The second-order valence-corrected chi connectivity index (χ2v) is 4.96. The van der Waals surface area contributed by atoms with Gasteiger partial charge in [-0.3, -0.25) is 4.90 Å².